The summed E-state index contributed by atoms with van der Waals surface area (Å²) in [7, 11) is 5.52. The first kappa shape index (κ1) is 17.2. The zero-order valence-electron chi connectivity index (χ0n) is 14.9. The molecular formula is C18H20N4O2S. The highest BCUT2D eigenvalue weighted by Crippen LogP contribution is 2.35. The topological polar surface area (TPSA) is 67.3 Å². The molecule has 0 unspecified atom stereocenters. The van der Waals surface area contributed by atoms with E-state index < -0.39 is 0 Å². The van der Waals surface area contributed by atoms with E-state index in [2.05, 4.69) is 10.3 Å². The van der Waals surface area contributed by atoms with Crippen molar-refractivity contribution in [3.05, 3.63) is 30.0 Å². The molecule has 0 spiro atoms. The summed E-state index contributed by atoms with van der Waals surface area (Å²) in [5.74, 6) is 0.469. The van der Waals surface area contributed by atoms with Crippen molar-refractivity contribution < 1.29 is 9.53 Å². The Hall–Kier alpha value is -2.67. The number of aryl methyl sites for hydroxylation is 1. The standard InChI is InChI=1S/C18H20N4O2S/c1-10-6-15(17-9-19-18(25-17)22(3)4)21-13-8-14(20-11(2)23)16(24-5)7-12(10)13/h6-9H,1-5H3,(H,20,23). The number of aromatic nitrogens is 2. The molecule has 0 aliphatic heterocycles. The van der Waals surface area contributed by atoms with Crippen LogP contribution in [0.5, 0.6) is 5.75 Å². The Kier molecular flexibility index (Phi) is 4.59. The number of carbonyl (C=O) groups is 1. The number of carbonyl (C=O) groups excluding carboxylic acids is 1. The molecule has 2 heterocycles. The van der Waals surface area contributed by atoms with E-state index in [1.165, 1.54) is 6.92 Å². The number of amides is 1. The van der Waals surface area contributed by atoms with Crippen molar-refractivity contribution in [3.8, 4) is 16.3 Å². The first-order valence-corrected chi connectivity index (χ1v) is 8.61. The molecule has 0 atom stereocenters. The van der Waals surface area contributed by atoms with Gasteiger partial charge in [-0.25, -0.2) is 9.97 Å². The van der Waals surface area contributed by atoms with Crippen LogP contribution in [0.1, 0.15) is 12.5 Å². The molecule has 1 N–H and O–H groups in total. The SMILES string of the molecule is COc1cc2c(C)cc(-c3cnc(N(C)C)s3)nc2cc1NC(C)=O. The summed E-state index contributed by atoms with van der Waals surface area (Å²) < 4.78 is 5.40. The third-order valence-electron chi connectivity index (χ3n) is 3.78. The maximum atomic E-state index is 11.4. The van der Waals surface area contributed by atoms with Crippen molar-refractivity contribution in [1.82, 2.24) is 9.97 Å². The van der Waals surface area contributed by atoms with Crippen molar-refractivity contribution in [2.45, 2.75) is 13.8 Å². The van der Waals surface area contributed by atoms with E-state index in [4.69, 9.17) is 9.72 Å². The molecule has 25 heavy (non-hydrogen) atoms. The van der Waals surface area contributed by atoms with Crippen LogP contribution in [0.4, 0.5) is 10.8 Å². The van der Waals surface area contributed by atoms with Crippen molar-refractivity contribution in [2.75, 3.05) is 31.4 Å². The number of nitrogens with one attached hydrogen (secondary N) is 1. The number of ether oxygens (including phenoxy) is 1. The van der Waals surface area contributed by atoms with E-state index in [9.17, 15) is 4.79 Å². The average Bonchev–Trinajstić information content (AvgIpc) is 3.04. The van der Waals surface area contributed by atoms with Crippen LogP contribution < -0.4 is 15.0 Å². The van der Waals surface area contributed by atoms with E-state index in [1.54, 1.807) is 18.4 Å². The molecule has 3 rings (SSSR count). The number of hydrogen-bond donors (Lipinski definition) is 1. The zero-order chi connectivity index (χ0) is 18.1. The summed E-state index contributed by atoms with van der Waals surface area (Å²) in [5, 5.41) is 4.72. The van der Waals surface area contributed by atoms with E-state index in [0.29, 0.717) is 11.4 Å². The number of pyridine rings is 1. The van der Waals surface area contributed by atoms with Gasteiger partial charge in [0.1, 0.15) is 5.75 Å². The van der Waals surface area contributed by atoms with Crippen LogP contribution in [-0.2, 0) is 4.79 Å². The predicted octanol–water partition coefficient (Wildman–Crippen LogP) is 3.70. The molecule has 0 saturated carbocycles. The summed E-state index contributed by atoms with van der Waals surface area (Å²) in [6.07, 6.45) is 1.84. The largest absolute Gasteiger partial charge is 0.495 e. The summed E-state index contributed by atoms with van der Waals surface area (Å²) in [6.45, 7) is 3.51. The highest BCUT2D eigenvalue weighted by Gasteiger charge is 2.13. The molecule has 3 aromatic rings. The molecule has 0 fully saturated rings. The van der Waals surface area contributed by atoms with Crippen LogP contribution in [0.25, 0.3) is 21.5 Å². The molecule has 0 bridgehead atoms. The molecule has 1 aromatic carbocycles. The lowest BCUT2D eigenvalue weighted by Gasteiger charge is -2.12. The fraction of sp³-hybridized carbons (Fsp3) is 0.278. The van der Waals surface area contributed by atoms with Crippen LogP contribution in [0.2, 0.25) is 0 Å². The lowest BCUT2D eigenvalue weighted by Crippen LogP contribution is -2.07. The number of thiazole rings is 1. The number of benzene rings is 1. The minimum atomic E-state index is -0.149. The minimum Gasteiger partial charge on any atom is -0.495 e. The first-order valence-electron chi connectivity index (χ1n) is 7.79. The molecule has 2 aromatic heterocycles. The molecule has 0 radical (unpaired) electrons. The Morgan fingerprint density at radius 3 is 2.64 bits per heavy atom. The molecule has 6 nitrogen and oxygen atoms in total. The number of rotatable bonds is 4. The number of anilines is 2. The van der Waals surface area contributed by atoms with Crippen LogP contribution in [0, 0.1) is 6.92 Å². The van der Waals surface area contributed by atoms with Gasteiger partial charge in [0.25, 0.3) is 0 Å². The van der Waals surface area contributed by atoms with Crippen LogP contribution >= 0.6 is 11.3 Å². The van der Waals surface area contributed by atoms with Crippen LogP contribution in [0.3, 0.4) is 0 Å². The first-order chi connectivity index (χ1) is 11.9. The lowest BCUT2D eigenvalue weighted by molar-refractivity contribution is -0.114. The Labute approximate surface area is 150 Å². The second-order valence-electron chi connectivity index (χ2n) is 5.98. The lowest BCUT2D eigenvalue weighted by atomic mass is 10.1. The van der Waals surface area contributed by atoms with E-state index in [1.807, 2.05) is 50.3 Å². The smallest absolute Gasteiger partial charge is 0.221 e. The normalized spacial score (nSPS) is 10.8. The Morgan fingerprint density at radius 2 is 2.04 bits per heavy atom. The molecule has 0 aliphatic rings. The zero-order valence-corrected chi connectivity index (χ0v) is 15.7. The van der Waals surface area contributed by atoms with Gasteiger partial charge in [-0.2, -0.15) is 0 Å². The summed E-state index contributed by atoms with van der Waals surface area (Å²) in [4.78, 5) is 23.6. The van der Waals surface area contributed by atoms with Gasteiger partial charge in [0.2, 0.25) is 5.91 Å². The Morgan fingerprint density at radius 1 is 1.28 bits per heavy atom. The van der Waals surface area contributed by atoms with Crippen molar-refractivity contribution >= 4 is 39.0 Å². The number of fused-ring (bicyclic) bond motifs is 1. The second-order valence-corrected chi connectivity index (χ2v) is 6.99. The van der Waals surface area contributed by atoms with Gasteiger partial charge < -0.3 is 15.0 Å². The highest BCUT2D eigenvalue weighted by molar-refractivity contribution is 7.18. The molecular weight excluding hydrogens is 336 g/mol. The van der Waals surface area contributed by atoms with E-state index in [-0.39, 0.29) is 5.91 Å². The third-order valence-corrected chi connectivity index (χ3v) is 4.96. The van der Waals surface area contributed by atoms with E-state index >= 15 is 0 Å². The summed E-state index contributed by atoms with van der Waals surface area (Å²) in [6, 6.07) is 5.80. The van der Waals surface area contributed by atoms with Gasteiger partial charge >= 0.3 is 0 Å². The number of methoxy groups -OCH3 is 1. The van der Waals surface area contributed by atoms with Crippen molar-refractivity contribution in [3.63, 3.8) is 0 Å². The molecule has 1 amide bonds. The van der Waals surface area contributed by atoms with Crippen LogP contribution in [0.15, 0.2) is 24.4 Å². The van der Waals surface area contributed by atoms with Gasteiger partial charge in [0.05, 0.1) is 28.9 Å². The van der Waals surface area contributed by atoms with Gasteiger partial charge in [-0.1, -0.05) is 11.3 Å². The molecule has 0 aliphatic carbocycles. The second kappa shape index (κ2) is 6.68. The Bertz CT molecular complexity index is 950. The minimum absolute atomic E-state index is 0.149. The molecule has 0 saturated heterocycles. The predicted molar refractivity (Wildman–Crippen MR) is 103 cm³/mol. The van der Waals surface area contributed by atoms with Gasteiger partial charge in [-0.15, -0.1) is 0 Å². The summed E-state index contributed by atoms with van der Waals surface area (Å²) >= 11 is 1.59. The van der Waals surface area contributed by atoms with Gasteiger partial charge in [0.15, 0.2) is 5.13 Å². The highest BCUT2D eigenvalue weighted by atomic mass is 32.1. The average molecular weight is 356 g/mol. The number of nitrogens with zero attached hydrogens (tertiary/aromatic N) is 3. The molecule has 7 heteroatoms. The molecule has 130 valence electrons. The number of hydrogen-bond acceptors (Lipinski definition) is 6. The van der Waals surface area contributed by atoms with Crippen molar-refractivity contribution in [1.29, 1.82) is 0 Å². The Balaban J connectivity index is 2.14. The van der Waals surface area contributed by atoms with Crippen LogP contribution in [-0.4, -0.2) is 37.1 Å². The maximum Gasteiger partial charge on any atom is 0.221 e. The monoisotopic (exact) mass is 356 g/mol. The fourth-order valence-corrected chi connectivity index (χ4v) is 3.39. The quantitative estimate of drug-likeness (QED) is 0.772. The van der Waals surface area contributed by atoms with Gasteiger partial charge in [-0.05, 0) is 30.7 Å². The van der Waals surface area contributed by atoms with Gasteiger partial charge in [0, 0.05) is 32.6 Å². The fourth-order valence-electron chi connectivity index (χ4n) is 2.59. The van der Waals surface area contributed by atoms with Gasteiger partial charge in [-0.3, -0.25) is 4.79 Å². The summed E-state index contributed by atoms with van der Waals surface area (Å²) in [5.41, 5.74) is 3.38. The van der Waals surface area contributed by atoms with Crippen molar-refractivity contribution in [2.24, 2.45) is 0 Å². The maximum absolute atomic E-state index is 11.4. The van der Waals surface area contributed by atoms with E-state index in [0.717, 1.165) is 32.2 Å². The third kappa shape index (κ3) is 3.41.